The van der Waals surface area contributed by atoms with Crippen LogP contribution < -0.4 is 10.1 Å². The molecule has 3 aliphatic rings. The van der Waals surface area contributed by atoms with Crippen molar-refractivity contribution in [2.75, 3.05) is 39.9 Å². The lowest BCUT2D eigenvalue weighted by atomic mass is 9.89. The number of hydrogen-bond acceptors (Lipinski definition) is 7. The topological polar surface area (TPSA) is 121 Å². The molecule has 0 aromatic carbocycles. The Balaban J connectivity index is 0.000000858. The van der Waals surface area contributed by atoms with Crippen LogP contribution in [-0.2, 0) is 25.7 Å². The molecule has 10 heteroatoms. The van der Waals surface area contributed by atoms with Crippen LogP contribution in [0.3, 0.4) is 0 Å². The van der Waals surface area contributed by atoms with Gasteiger partial charge in [-0.15, -0.1) is 0 Å². The Hall–Kier alpha value is -2.72. The minimum Gasteiger partial charge on any atom is -0.483 e. The summed E-state index contributed by atoms with van der Waals surface area (Å²) in [6, 6.07) is 3.57. The van der Waals surface area contributed by atoms with E-state index in [1.54, 1.807) is 7.11 Å². The number of likely N-dealkylation sites (tertiary alicyclic amines) is 1. The van der Waals surface area contributed by atoms with Gasteiger partial charge in [0.15, 0.2) is 0 Å². The van der Waals surface area contributed by atoms with E-state index in [4.69, 9.17) is 19.4 Å². The standard InChI is InChI=1S/C20H28N4O4.CH2O2/c1-27-18-5-2-15(12-21-18)13-23-8-6-20(7-9-23)14-24(10-11-28-20)19(26)16-3-4-17(25)22-16;2-1-3/h2,5,12,16H,3-4,6-11,13-14H2,1H3,(H,22,25);1H,(H,2,3)/t16-;/m1./s1. The number of nitrogens with zero attached hydrogens (tertiary/aromatic N) is 3. The van der Waals surface area contributed by atoms with Crippen molar-refractivity contribution in [1.82, 2.24) is 20.1 Å². The molecule has 10 nitrogen and oxygen atoms in total. The van der Waals surface area contributed by atoms with Crippen LogP contribution in [0.2, 0.25) is 0 Å². The van der Waals surface area contributed by atoms with Gasteiger partial charge in [0, 0.05) is 51.4 Å². The van der Waals surface area contributed by atoms with Crippen molar-refractivity contribution < 1.29 is 29.0 Å². The van der Waals surface area contributed by atoms with E-state index in [1.807, 2.05) is 23.2 Å². The smallest absolute Gasteiger partial charge is 0.290 e. The maximum absolute atomic E-state index is 12.8. The fraction of sp³-hybridized carbons (Fsp3) is 0.619. The second kappa shape index (κ2) is 10.5. The highest BCUT2D eigenvalue weighted by Gasteiger charge is 2.42. The average Bonchev–Trinajstić information content (AvgIpc) is 3.22. The Morgan fingerprint density at radius 1 is 1.39 bits per heavy atom. The first-order valence-electron chi connectivity index (χ1n) is 10.5. The largest absolute Gasteiger partial charge is 0.483 e. The van der Waals surface area contributed by atoms with Crippen molar-refractivity contribution in [3.8, 4) is 5.88 Å². The van der Waals surface area contributed by atoms with Crippen LogP contribution in [-0.4, -0.2) is 89.7 Å². The highest BCUT2D eigenvalue weighted by Crippen LogP contribution is 2.31. The van der Waals surface area contributed by atoms with Crippen molar-refractivity contribution >= 4 is 18.3 Å². The second-order valence-electron chi connectivity index (χ2n) is 8.04. The Labute approximate surface area is 181 Å². The molecule has 31 heavy (non-hydrogen) atoms. The Kier molecular flexibility index (Phi) is 7.80. The molecule has 3 aliphatic heterocycles. The van der Waals surface area contributed by atoms with Crippen molar-refractivity contribution in [3.63, 3.8) is 0 Å². The third-order valence-corrected chi connectivity index (χ3v) is 6.03. The summed E-state index contributed by atoms with van der Waals surface area (Å²) in [5, 5.41) is 9.68. The monoisotopic (exact) mass is 434 g/mol. The number of nitrogens with one attached hydrogen (secondary N) is 1. The van der Waals surface area contributed by atoms with E-state index < -0.39 is 0 Å². The summed E-state index contributed by atoms with van der Waals surface area (Å²) in [5.74, 6) is 0.642. The van der Waals surface area contributed by atoms with Crippen LogP contribution in [0.25, 0.3) is 0 Å². The van der Waals surface area contributed by atoms with Gasteiger partial charge in [-0.3, -0.25) is 19.3 Å². The average molecular weight is 434 g/mol. The highest BCUT2D eigenvalue weighted by atomic mass is 16.5. The third kappa shape index (κ3) is 5.92. The molecule has 0 aliphatic carbocycles. The molecule has 0 radical (unpaired) electrons. The SMILES string of the molecule is COc1ccc(CN2CCC3(CC2)CN(C(=O)[C@H]2CCC(=O)N2)CCO3)cn1.O=CO. The van der Waals surface area contributed by atoms with Crippen LogP contribution in [0.1, 0.15) is 31.2 Å². The summed E-state index contributed by atoms with van der Waals surface area (Å²) in [4.78, 5) is 41.1. The summed E-state index contributed by atoms with van der Waals surface area (Å²) in [6.07, 6.45) is 4.71. The zero-order valence-corrected chi connectivity index (χ0v) is 17.8. The van der Waals surface area contributed by atoms with Gasteiger partial charge in [0.25, 0.3) is 6.47 Å². The number of hydrogen-bond donors (Lipinski definition) is 2. The lowest BCUT2D eigenvalue weighted by Crippen LogP contribution is -2.60. The molecule has 1 aromatic rings. The number of carboxylic acid groups (broad SMARTS) is 1. The maximum atomic E-state index is 12.8. The summed E-state index contributed by atoms with van der Waals surface area (Å²) >= 11 is 0. The summed E-state index contributed by atoms with van der Waals surface area (Å²) in [5.41, 5.74) is 0.903. The fourth-order valence-electron chi connectivity index (χ4n) is 4.36. The van der Waals surface area contributed by atoms with Gasteiger partial charge in [-0.2, -0.15) is 0 Å². The van der Waals surface area contributed by atoms with Gasteiger partial charge in [0.1, 0.15) is 6.04 Å². The Morgan fingerprint density at radius 3 is 2.71 bits per heavy atom. The maximum Gasteiger partial charge on any atom is 0.290 e. The van der Waals surface area contributed by atoms with Crippen molar-refractivity contribution in [2.24, 2.45) is 0 Å². The number of rotatable bonds is 4. The van der Waals surface area contributed by atoms with Crippen LogP contribution in [0.15, 0.2) is 18.3 Å². The first kappa shape index (κ1) is 23.0. The number of carbonyl (C=O) groups excluding carboxylic acids is 2. The number of pyridine rings is 1. The predicted octanol–water partition coefficient (Wildman–Crippen LogP) is 0.263. The number of methoxy groups -OCH3 is 1. The summed E-state index contributed by atoms with van der Waals surface area (Å²) in [7, 11) is 1.62. The van der Waals surface area contributed by atoms with Gasteiger partial charge in [-0.25, -0.2) is 4.98 Å². The Morgan fingerprint density at radius 2 is 2.13 bits per heavy atom. The number of morpholine rings is 1. The van der Waals surface area contributed by atoms with Gasteiger partial charge in [0.05, 0.1) is 19.3 Å². The van der Waals surface area contributed by atoms with E-state index in [0.717, 1.165) is 38.0 Å². The number of aromatic nitrogens is 1. The molecule has 0 saturated carbocycles. The summed E-state index contributed by atoms with van der Waals surface area (Å²) < 4.78 is 11.3. The van der Waals surface area contributed by atoms with Crippen molar-refractivity contribution in [1.29, 1.82) is 0 Å². The molecule has 4 heterocycles. The number of carbonyl (C=O) groups is 3. The zero-order chi connectivity index (χ0) is 22.3. The molecule has 2 N–H and O–H groups in total. The van der Waals surface area contributed by atoms with Gasteiger partial charge in [-0.05, 0) is 24.8 Å². The molecule has 1 aromatic heterocycles. The van der Waals surface area contributed by atoms with Gasteiger partial charge in [0.2, 0.25) is 17.7 Å². The first-order valence-corrected chi connectivity index (χ1v) is 10.5. The van der Waals surface area contributed by atoms with E-state index in [-0.39, 0.29) is 29.9 Å². The first-order chi connectivity index (χ1) is 15.0. The normalized spacial score (nSPS) is 22.9. The molecular weight excluding hydrogens is 404 g/mol. The molecule has 1 atom stereocenters. The van der Waals surface area contributed by atoms with Crippen molar-refractivity contribution in [2.45, 2.75) is 43.9 Å². The minimum atomic E-state index is -0.356. The van der Waals surface area contributed by atoms with E-state index in [0.29, 0.717) is 38.4 Å². The van der Waals surface area contributed by atoms with E-state index in [2.05, 4.69) is 15.2 Å². The highest BCUT2D eigenvalue weighted by molar-refractivity contribution is 5.90. The number of piperidine rings is 1. The predicted molar refractivity (Wildman–Crippen MR) is 110 cm³/mol. The molecule has 0 unspecified atom stereocenters. The Bertz CT molecular complexity index is 764. The van der Waals surface area contributed by atoms with Crippen LogP contribution in [0, 0.1) is 0 Å². The van der Waals surface area contributed by atoms with Crippen LogP contribution in [0.5, 0.6) is 5.88 Å². The van der Waals surface area contributed by atoms with Crippen molar-refractivity contribution in [3.05, 3.63) is 23.9 Å². The molecule has 3 saturated heterocycles. The van der Waals surface area contributed by atoms with E-state index in [1.165, 1.54) is 0 Å². The molecular formula is C21H30N4O6. The molecule has 1 spiro atoms. The van der Waals surface area contributed by atoms with Gasteiger partial charge < -0.3 is 24.8 Å². The van der Waals surface area contributed by atoms with Crippen LogP contribution in [0.4, 0.5) is 0 Å². The third-order valence-electron chi connectivity index (χ3n) is 6.03. The lowest BCUT2D eigenvalue weighted by Gasteiger charge is -2.47. The fourth-order valence-corrected chi connectivity index (χ4v) is 4.36. The molecule has 0 bridgehead atoms. The zero-order valence-electron chi connectivity index (χ0n) is 17.8. The van der Waals surface area contributed by atoms with E-state index >= 15 is 0 Å². The van der Waals surface area contributed by atoms with Gasteiger partial charge >= 0.3 is 0 Å². The second-order valence-corrected chi connectivity index (χ2v) is 8.04. The quantitative estimate of drug-likeness (QED) is 0.648. The molecule has 2 amide bonds. The molecule has 170 valence electrons. The molecule has 4 rings (SSSR count). The number of ether oxygens (including phenoxy) is 2. The van der Waals surface area contributed by atoms with E-state index in [9.17, 15) is 9.59 Å². The van der Waals surface area contributed by atoms with Crippen LogP contribution >= 0.6 is 0 Å². The number of amides is 2. The minimum absolute atomic E-state index is 0.0253. The molecule has 3 fully saturated rings. The van der Waals surface area contributed by atoms with Gasteiger partial charge in [-0.1, -0.05) is 6.07 Å². The summed E-state index contributed by atoms with van der Waals surface area (Å²) in [6.45, 7) is 4.24. The lowest BCUT2D eigenvalue weighted by molar-refractivity contribution is -0.161.